The lowest BCUT2D eigenvalue weighted by Crippen LogP contribution is -2.42. The van der Waals surface area contributed by atoms with E-state index >= 15 is 0 Å². The summed E-state index contributed by atoms with van der Waals surface area (Å²) >= 11 is 0. The van der Waals surface area contributed by atoms with Gasteiger partial charge in [0.15, 0.2) is 0 Å². The Morgan fingerprint density at radius 3 is 2.63 bits per heavy atom. The molecule has 0 aromatic heterocycles. The number of hydrogen-bond donors (Lipinski definition) is 3. The van der Waals surface area contributed by atoms with E-state index in [2.05, 4.69) is 4.72 Å². The highest BCUT2D eigenvalue weighted by Gasteiger charge is 2.27. The summed E-state index contributed by atoms with van der Waals surface area (Å²) in [7, 11) is -3.70. The van der Waals surface area contributed by atoms with E-state index < -0.39 is 22.2 Å². The molecule has 0 bridgehead atoms. The normalized spacial score (nSPS) is 24.9. The number of rotatable bonds is 3. The van der Waals surface area contributed by atoms with Gasteiger partial charge >= 0.3 is 0 Å². The van der Waals surface area contributed by atoms with Crippen LogP contribution in [0, 0.1) is 0 Å². The molecule has 19 heavy (non-hydrogen) atoms. The van der Waals surface area contributed by atoms with Crippen molar-refractivity contribution in [3.05, 3.63) is 24.3 Å². The Labute approximate surface area is 113 Å². The third kappa shape index (κ3) is 3.68. The largest absolute Gasteiger partial charge is 0.508 e. The maximum atomic E-state index is 12.2. The van der Waals surface area contributed by atoms with Crippen molar-refractivity contribution in [3.63, 3.8) is 0 Å². The fourth-order valence-electron chi connectivity index (χ4n) is 2.34. The first-order valence-electron chi connectivity index (χ1n) is 6.48. The van der Waals surface area contributed by atoms with E-state index in [1.807, 2.05) is 0 Å². The predicted molar refractivity (Wildman–Crippen MR) is 71.3 cm³/mol. The summed E-state index contributed by atoms with van der Waals surface area (Å²) in [6, 6.07) is 5.07. The van der Waals surface area contributed by atoms with Gasteiger partial charge in [0.2, 0.25) is 10.0 Å². The molecule has 0 spiro atoms. The molecule has 6 heteroatoms. The van der Waals surface area contributed by atoms with Crippen LogP contribution < -0.4 is 4.72 Å². The van der Waals surface area contributed by atoms with Crippen LogP contribution in [0.15, 0.2) is 29.2 Å². The topological polar surface area (TPSA) is 86.6 Å². The summed E-state index contributed by atoms with van der Waals surface area (Å²) in [6.07, 6.45) is 3.46. The van der Waals surface area contributed by atoms with Crippen molar-refractivity contribution in [2.24, 2.45) is 0 Å². The minimum Gasteiger partial charge on any atom is -0.508 e. The van der Waals surface area contributed by atoms with E-state index in [1.54, 1.807) is 0 Å². The van der Waals surface area contributed by atoms with Crippen molar-refractivity contribution >= 4 is 10.0 Å². The van der Waals surface area contributed by atoms with Gasteiger partial charge in [-0.3, -0.25) is 0 Å². The van der Waals surface area contributed by atoms with Crippen molar-refractivity contribution in [1.82, 2.24) is 4.72 Å². The predicted octanol–water partition coefficient (Wildman–Crippen LogP) is 1.36. The van der Waals surface area contributed by atoms with Crippen LogP contribution in [0.4, 0.5) is 0 Å². The van der Waals surface area contributed by atoms with E-state index in [4.69, 9.17) is 0 Å². The van der Waals surface area contributed by atoms with Crippen LogP contribution in [0.5, 0.6) is 5.75 Å². The smallest absolute Gasteiger partial charge is 0.241 e. The first-order chi connectivity index (χ1) is 8.99. The molecule has 5 nitrogen and oxygen atoms in total. The van der Waals surface area contributed by atoms with Crippen molar-refractivity contribution in [2.75, 3.05) is 0 Å². The van der Waals surface area contributed by atoms with Gasteiger partial charge in [0.25, 0.3) is 0 Å². The molecule has 106 valence electrons. The van der Waals surface area contributed by atoms with Crippen LogP contribution in [0.3, 0.4) is 0 Å². The quantitative estimate of drug-likeness (QED) is 0.732. The van der Waals surface area contributed by atoms with Gasteiger partial charge in [0.1, 0.15) is 5.75 Å². The number of benzene rings is 1. The highest BCUT2D eigenvalue weighted by atomic mass is 32.2. The first kappa shape index (κ1) is 14.3. The molecule has 0 saturated heterocycles. The summed E-state index contributed by atoms with van der Waals surface area (Å²) in [5.74, 6) is -0.0933. The summed E-state index contributed by atoms with van der Waals surface area (Å²) < 4.78 is 26.9. The zero-order chi connectivity index (χ0) is 13.9. The van der Waals surface area contributed by atoms with Crippen LogP contribution in [-0.4, -0.2) is 30.8 Å². The fourth-order valence-corrected chi connectivity index (χ4v) is 3.69. The third-order valence-corrected chi connectivity index (χ3v) is 4.90. The molecule has 2 rings (SSSR count). The molecule has 1 aliphatic carbocycles. The standard InChI is InChI=1S/C13H19NO4S/c15-10-5-4-6-11(9-10)19(17,18)14-12-7-2-1-3-8-13(12)16/h4-6,9,12-16H,1-3,7-8H2. The van der Waals surface area contributed by atoms with Gasteiger partial charge in [0, 0.05) is 6.04 Å². The van der Waals surface area contributed by atoms with E-state index in [9.17, 15) is 18.6 Å². The molecule has 0 aliphatic heterocycles. The average Bonchev–Trinajstić information content (AvgIpc) is 2.55. The molecule has 0 heterocycles. The third-order valence-electron chi connectivity index (χ3n) is 3.41. The van der Waals surface area contributed by atoms with Gasteiger partial charge in [-0.25, -0.2) is 13.1 Å². The van der Waals surface area contributed by atoms with Gasteiger partial charge in [-0.05, 0) is 31.0 Å². The maximum Gasteiger partial charge on any atom is 0.241 e. The molecule has 1 aromatic rings. The van der Waals surface area contributed by atoms with E-state index in [0.29, 0.717) is 12.8 Å². The first-order valence-corrected chi connectivity index (χ1v) is 7.97. The van der Waals surface area contributed by atoms with Gasteiger partial charge in [-0.15, -0.1) is 0 Å². The van der Waals surface area contributed by atoms with Crippen LogP contribution >= 0.6 is 0 Å². The summed E-state index contributed by atoms with van der Waals surface area (Å²) in [5.41, 5.74) is 0. The SMILES string of the molecule is O=S(=O)(NC1CCCCCC1O)c1cccc(O)c1. The molecular weight excluding hydrogens is 266 g/mol. The zero-order valence-corrected chi connectivity index (χ0v) is 11.4. The zero-order valence-electron chi connectivity index (χ0n) is 10.6. The Bertz CT molecular complexity index is 529. The molecular formula is C13H19NO4S. The lowest BCUT2D eigenvalue weighted by Gasteiger charge is -2.21. The lowest BCUT2D eigenvalue weighted by atomic mass is 10.1. The van der Waals surface area contributed by atoms with Crippen molar-refractivity contribution in [1.29, 1.82) is 0 Å². The van der Waals surface area contributed by atoms with Crippen LogP contribution in [0.2, 0.25) is 0 Å². The molecule has 1 aromatic carbocycles. The second kappa shape index (κ2) is 5.90. The van der Waals surface area contributed by atoms with Crippen molar-refractivity contribution in [3.8, 4) is 5.75 Å². The van der Waals surface area contributed by atoms with Crippen molar-refractivity contribution < 1.29 is 18.6 Å². The molecule has 0 radical (unpaired) electrons. The Balaban J connectivity index is 2.16. The molecule has 3 N–H and O–H groups in total. The van der Waals surface area contributed by atoms with E-state index in [0.717, 1.165) is 19.3 Å². The number of phenols is 1. The van der Waals surface area contributed by atoms with Gasteiger partial charge < -0.3 is 10.2 Å². The van der Waals surface area contributed by atoms with Crippen molar-refractivity contribution in [2.45, 2.75) is 49.1 Å². The number of aliphatic hydroxyl groups excluding tert-OH is 1. The molecule has 2 atom stereocenters. The number of phenolic OH excluding ortho intramolecular Hbond substituents is 1. The van der Waals surface area contributed by atoms with Gasteiger partial charge in [-0.2, -0.15) is 0 Å². The number of hydrogen-bond acceptors (Lipinski definition) is 4. The van der Waals surface area contributed by atoms with Crippen LogP contribution in [0.1, 0.15) is 32.1 Å². The van der Waals surface area contributed by atoms with E-state index in [1.165, 1.54) is 24.3 Å². The van der Waals surface area contributed by atoms with E-state index in [-0.39, 0.29) is 10.6 Å². The number of aliphatic hydroxyl groups is 1. The minimum atomic E-state index is -3.70. The van der Waals surface area contributed by atoms with Gasteiger partial charge in [0.05, 0.1) is 11.0 Å². The Morgan fingerprint density at radius 1 is 1.16 bits per heavy atom. The Kier molecular flexibility index (Phi) is 4.44. The molecule has 1 aliphatic rings. The highest BCUT2D eigenvalue weighted by Crippen LogP contribution is 2.21. The molecule has 1 saturated carbocycles. The number of aromatic hydroxyl groups is 1. The number of sulfonamides is 1. The Morgan fingerprint density at radius 2 is 1.89 bits per heavy atom. The van der Waals surface area contributed by atoms with Crippen LogP contribution in [0.25, 0.3) is 0 Å². The number of nitrogens with one attached hydrogen (secondary N) is 1. The second-order valence-corrected chi connectivity index (χ2v) is 6.64. The molecule has 0 amide bonds. The maximum absolute atomic E-state index is 12.2. The molecule has 1 fully saturated rings. The minimum absolute atomic E-state index is 0.0175. The Hall–Kier alpha value is -1.11. The highest BCUT2D eigenvalue weighted by molar-refractivity contribution is 7.89. The van der Waals surface area contributed by atoms with Gasteiger partial charge in [-0.1, -0.05) is 25.3 Å². The summed E-state index contributed by atoms with van der Waals surface area (Å²) in [4.78, 5) is 0.0175. The van der Waals surface area contributed by atoms with Crippen LogP contribution in [-0.2, 0) is 10.0 Å². The lowest BCUT2D eigenvalue weighted by molar-refractivity contribution is 0.130. The fraction of sp³-hybridized carbons (Fsp3) is 0.538. The monoisotopic (exact) mass is 285 g/mol. The summed E-state index contributed by atoms with van der Waals surface area (Å²) in [6.45, 7) is 0. The average molecular weight is 285 g/mol. The second-order valence-electron chi connectivity index (χ2n) is 4.93. The summed E-state index contributed by atoms with van der Waals surface area (Å²) in [5, 5.41) is 19.3. The molecule has 2 unspecified atom stereocenters.